The Balaban J connectivity index is 2.25. The van der Waals surface area contributed by atoms with E-state index in [9.17, 15) is 4.79 Å². The number of para-hydroxylation sites is 1. The Hall–Kier alpha value is -3.02. The van der Waals surface area contributed by atoms with Crippen LogP contribution in [-0.4, -0.2) is 22.3 Å². The molecule has 3 rings (SSSR count). The second-order valence-corrected chi connectivity index (χ2v) is 4.49. The molecule has 0 aliphatic heterocycles. The van der Waals surface area contributed by atoms with Crippen molar-refractivity contribution in [1.29, 1.82) is 0 Å². The highest BCUT2D eigenvalue weighted by Crippen LogP contribution is 2.38. The molecule has 0 unspecified atom stereocenters. The van der Waals surface area contributed by atoms with Crippen LogP contribution in [0.3, 0.4) is 0 Å². The summed E-state index contributed by atoms with van der Waals surface area (Å²) >= 11 is 0. The minimum absolute atomic E-state index is 0.188. The maximum absolute atomic E-state index is 11.5. The summed E-state index contributed by atoms with van der Waals surface area (Å²) in [6, 6.07) is 12.4. The zero-order chi connectivity index (χ0) is 14.8. The van der Waals surface area contributed by atoms with Crippen molar-refractivity contribution in [3.05, 3.63) is 52.8 Å². The number of pyridine rings is 1. The Morgan fingerprint density at radius 3 is 2.71 bits per heavy atom. The van der Waals surface area contributed by atoms with Gasteiger partial charge in [0.15, 0.2) is 5.82 Å². The lowest BCUT2D eigenvalue weighted by atomic mass is 10.0. The van der Waals surface area contributed by atoms with Crippen molar-refractivity contribution >= 4 is 5.82 Å². The average molecular weight is 282 g/mol. The van der Waals surface area contributed by atoms with Gasteiger partial charge in [-0.15, -0.1) is 0 Å². The molecular formula is C15H14N4O2. The molecule has 4 N–H and O–H groups in total. The summed E-state index contributed by atoms with van der Waals surface area (Å²) in [4.78, 5) is 14.3. The van der Waals surface area contributed by atoms with Crippen LogP contribution in [0.5, 0.6) is 5.75 Å². The van der Waals surface area contributed by atoms with Gasteiger partial charge >= 0.3 is 0 Å². The molecule has 6 heteroatoms. The monoisotopic (exact) mass is 282 g/mol. The summed E-state index contributed by atoms with van der Waals surface area (Å²) in [7, 11) is 1.60. The number of nitrogen functional groups attached to an aromatic ring is 1. The Morgan fingerprint density at radius 1 is 1.14 bits per heavy atom. The summed E-state index contributed by atoms with van der Waals surface area (Å²) in [6.45, 7) is 0. The number of aromatic amines is 2. The van der Waals surface area contributed by atoms with Crippen LogP contribution in [0.2, 0.25) is 0 Å². The van der Waals surface area contributed by atoms with Gasteiger partial charge in [-0.05, 0) is 12.1 Å². The van der Waals surface area contributed by atoms with E-state index >= 15 is 0 Å². The van der Waals surface area contributed by atoms with Crippen molar-refractivity contribution in [3.63, 3.8) is 0 Å². The van der Waals surface area contributed by atoms with Crippen molar-refractivity contribution in [2.75, 3.05) is 12.8 Å². The van der Waals surface area contributed by atoms with Gasteiger partial charge in [0.2, 0.25) is 5.56 Å². The fourth-order valence-electron chi connectivity index (χ4n) is 2.27. The standard InChI is InChI=1S/C15H14N4O2/c1-21-11-7-3-2-5-9(11)13-14(18-19-15(13)16)10-6-4-8-12(20)17-10/h2-8H,1H3,(H,17,20)(H3,16,18,19). The highest BCUT2D eigenvalue weighted by molar-refractivity contribution is 5.89. The number of ether oxygens (including phenoxy) is 1. The molecule has 0 fully saturated rings. The Morgan fingerprint density at radius 2 is 1.95 bits per heavy atom. The largest absolute Gasteiger partial charge is 0.496 e. The molecule has 0 atom stereocenters. The minimum Gasteiger partial charge on any atom is -0.496 e. The lowest BCUT2D eigenvalue weighted by Gasteiger charge is -2.09. The van der Waals surface area contributed by atoms with E-state index in [1.807, 2.05) is 24.3 Å². The highest BCUT2D eigenvalue weighted by Gasteiger charge is 2.18. The van der Waals surface area contributed by atoms with Crippen LogP contribution in [-0.2, 0) is 0 Å². The molecule has 21 heavy (non-hydrogen) atoms. The summed E-state index contributed by atoms with van der Waals surface area (Å²) in [5.74, 6) is 1.03. The van der Waals surface area contributed by atoms with E-state index in [1.165, 1.54) is 6.07 Å². The average Bonchev–Trinajstić information content (AvgIpc) is 2.89. The van der Waals surface area contributed by atoms with Crippen molar-refractivity contribution in [3.8, 4) is 28.3 Å². The number of nitrogens with zero attached hydrogens (tertiary/aromatic N) is 1. The van der Waals surface area contributed by atoms with Crippen LogP contribution in [0.1, 0.15) is 0 Å². The van der Waals surface area contributed by atoms with Crippen LogP contribution in [0.25, 0.3) is 22.5 Å². The van der Waals surface area contributed by atoms with E-state index < -0.39 is 0 Å². The van der Waals surface area contributed by atoms with Crippen LogP contribution in [0.4, 0.5) is 5.82 Å². The first kappa shape index (κ1) is 13.0. The molecule has 0 bridgehead atoms. The van der Waals surface area contributed by atoms with E-state index in [2.05, 4.69) is 15.2 Å². The normalized spacial score (nSPS) is 10.5. The Labute approximate surface area is 120 Å². The van der Waals surface area contributed by atoms with Crippen LogP contribution < -0.4 is 16.0 Å². The van der Waals surface area contributed by atoms with E-state index in [0.717, 1.165) is 5.56 Å². The number of nitrogens with two attached hydrogens (primary N) is 1. The maximum atomic E-state index is 11.5. The number of H-pyrrole nitrogens is 2. The number of methoxy groups -OCH3 is 1. The van der Waals surface area contributed by atoms with Crippen molar-refractivity contribution in [2.24, 2.45) is 0 Å². The molecule has 0 aliphatic rings. The van der Waals surface area contributed by atoms with Crippen molar-refractivity contribution < 1.29 is 4.74 Å². The van der Waals surface area contributed by atoms with Gasteiger partial charge in [0.05, 0.1) is 24.1 Å². The highest BCUT2D eigenvalue weighted by atomic mass is 16.5. The van der Waals surface area contributed by atoms with Gasteiger partial charge in [-0.25, -0.2) is 0 Å². The zero-order valence-corrected chi connectivity index (χ0v) is 11.4. The van der Waals surface area contributed by atoms with Crippen LogP contribution in [0.15, 0.2) is 47.3 Å². The summed E-state index contributed by atoms with van der Waals surface area (Å²) < 4.78 is 5.37. The van der Waals surface area contributed by atoms with Gasteiger partial charge in [0.25, 0.3) is 0 Å². The summed E-state index contributed by atoms with van der Waals surface area (Å²) in [5, 5.41) is 6.92. The third-order valence-corrected chi connectivity index (χ3v) is 3.21. The second kappa shape index (κ2) is 5.16. The SMILES string of the molecule is COc1ccccc1-c1c(N)n[nH]c1-c1cccc(=O)[nH]1. The number of aromatic nitrogens is 3. The maximum Gasteiger partial charge on any atom is 0.248 e. The molecule has 106 valence electrons. The second-order valence-electron chi connectivity index (χ2n) is 4.49. The third kappa shape index (κ3) is 2.27. The predicted molar refractivity (Wildman–Crippen MR) is 81.0 cm³/mol. The molecule has 0 radical (unpaired) electrons. The lowest BCUT2D eigenvalue weighted by molar-refractivity contribution is 0.416. The van der Waals surface area contributed by atoms with E-state index in [1.54, 1.807) is 19.2 Å². The van der Waals surface area contributed by atoms with E-state index in [0.29, 0.717) is 28.5 Å². The first-order valence-corrected chi connectivity index (χ1v) is 6.37. The van der Waals surface area contributed by atoms with Gasteiger partial charge in [-0.2, -0.15) is 5.10 Å². The smallest absolute Gasteiger partial charge is 0.248 e. The van der Waals surface area contributed by atoms with Gasteiger partial charge in [0, 0.05) is 11.6 Å². The van der Waals surface area contributed by atoms with Crippen LogP contribution >= 0.6 is 0 Å². The lowest BCUT2D eigenvalue weighted by Crippen LogP contribution is -2.04. The van der Waals surface area contributed by atoms with E-state index in [-0.39, 0.29) is 5.56 Å². The molecule has 2 aromatic heterocycles. The molecule has 0 spiro atoms. The fraction of sp³-hybridized carbons (Fsp3) is 0.0667. The number of benzene rings is 1. The number of hydrogen-bond donors (Lipinski definition) is 3. The van der Waals surface area contributed by atoms with Gasteiger partial charge in [0.1, 0.15) is 5.75 Å². The minimum atomic E-state index is -0.188. The van der Waals surface area contributed by atoms with Gasteiger partial charge in [-0.1, -0.05) is 24.3 Å². The number of hydrogen-bond acceptors (Lipinski definition) is 4. The quantitative estimate of drug-likeness (QED) is 0.684. The number of anilines is 1. The summed E-state index contributed by atoms with van der Waals surface area (Å²) in [5.41, 5.74) is 8.57. The Bertz CT molecular complexity index is 835. The van der Waals surface area contributed by atoms with Crippen molar-refractivity contribution in [1.82, 2.24) is 15.2 Å². The first-order chi connectivity index (χ1) is 10.2. The Kier molecular flexibility index (Phi) is 3.19. The molecule has 3 aromatic rings. The molecule has 0 saturated carbocycles. The topological polar surface area (TPSA) is 96.8 Å². The molecule has 2 heterocycles. The molecule has 1 aromatic carbocycles. The number of rotatable bonds is 3. The zero-order valence-electron chi connectivity index (χ0n) is 11.4. The predicted octanol–water partition coefficient (Wildman–Crippen LogP) is 2.02. The molecular weight excluding hydrogens is 268 g/mol. The first-order valence-electron chi connectivity index (χ1n) is 6.37. The van der Waals surface area contributed by atoms with Crippen molar-refractivity contribution in [2.45, 2.75) is 0 Å². The molecule has 0 aliphatic carbocycles. The third-order valence-electron chi connectivity index (χ3n) is 3.21. The van der Waals surface area contributed by atoms with Crippen LogP contribution in [0, 0.1) is 0 Å². The number of nitrogens with one attached hydrogen (secondary N) is 2. The molecule has 6 nitrogen and oxygen atoms in total. The molecule has 0 amide bonds. The van der Waals surface area contributed by atoms with Gasteiger partial charge < -0.3 is 15.5 Å². The molecule has 0 saturated heterocycles. The fourth-order valence-corrected chi connectivity index (χ4v) is 2.27. The van der Waals surface area contributed by atoms with Gasteiger partial charge in [-0.3, -0.25) is 9.89 Å². The van der Waals surface area contributed by atoms with E-state index in [4.69, 9.17) is 10.5 Å². The summed E-state index contributed by atoms with van der Waals surface area (Å²) in [6.07, 6.45) is 0.